The summed E-state index contributed by atoms with van der Waals surface area (Å²) in [7, 11) is 0. The Kier molecular flexibility index (Phi) is 5.94. The highest BCUT2D eigenvalue weighted by Gasteiger charge is 2.41. The van der Waals surface area contributed by atoms with Gasteiger partial charge in [-0.3, -0.25) is 24.5 Å². The summed E-state index contributed by atoms with van der Waals surface area (Å²) < 4.78 is 29.6. The van der Waals surface area contributed by atoms with Gasteiger partial charge in [0.25, 0.3) is 5.91 Å². The van der Waals surface area contributed by atoms with Gasteiger partial charge < -0.3 is 4.90 Å². The maximum absolute atomic E-state index is 14.5. The summed E-state index contributed by atoms with van der Waals surface area (Å²) >= 11 is 3.18. The minimum atomic E-state index is -3.59. The third-order valence-electron chi connectivity index (χ3n) is 5.79. The zero-order valence-corrected chi connectivity index (χ0v) is 18.5. The number of amides is 3. The van der Waals surface area contributed by atoms with E-state index in [1.807, 2.05) is 0 Å². The van der Waals surface area contributed by atoms with Crippen LogP contribution in [0, 0.1) is 0 Å². The number of nitrogens with zero attached hydrogens (tertiary/aromatic N) is 1. The second-order valence-corrected chi connectivity index (χ2v) is 8.81. The molecule has 1 saturated heterocycles. The average Bonchev–Trinajstić information content (AvgIpc) is 3.08. The molecule has 0 aromatic heterocycles. The van der Waals surface area contributed by atoms with Gasteiger partial charge in [-0.15, -0.1) is 0 Å². The Hall–Kier alpha value is -2.94. The quantitative estimate of drug-likeness (QED) is 0.610. The van der Waals surface area contributed by atoms with Crippen molar-refractivity contribution in [2.75, 3.05) is 0 Å². The van der Waals surface area contributed by atoms with Gasteiger partial charge in [0, 0.05) is 35.0 Å². The normalized spacial score (nSPS) is 18.5. The number of halogens is 3. The molecule has 2 aliphatic heterocycles. The van der Waals surface area contributed by atoms with Crippen LogP contribution in [-0.4, -0.2) is 34.4 Å². The first kappa shape index (κ1) is 22.3. The van der Waals surface area contributed by atoms with E-state index in [4.69, 9.17) is 0 Å². The predicted octanol–water partition coefficient (Wildman–Crippen LogP) is 3.50. The number of alkyl halides is 2. The third-order valence-corrected chi connectivity index (χ3v) is 6.31. The molecular weight excluding hydrogens is 486 g/mol. The van der Waals surface area contributed by atoms with Gasteiger partial charge in [-0.1, -0.05) is 40.2 Å². The largest absolute Gasteiger partial charge is 0.330 e. The molecule has 0 radical (unpaired) electrons. The number of fused-ring (bicyclic) bond motifs is 1. The number of ketones is 1. The maximum Gasteiger partial charge on any atom is 0.330 e. The molecule has 0 saturated carbocycles. The summed E-state index contributed by atoms with van der Waals surface area (Å²) in [4.78, 5) is 49.9. The minimum absolute atomic E-state index is 0.102. The van der Waals surface area contributed by atoms with E-state index >= 15 is 0 Å². The van der Waals surface area contributed by atoms with Crippen LogP contribution in [0.15, 0.2) is 46.9 Å². The van der Waals surface area contributed by atoms with Crippen molar-refractivity contribution in [1.29, 1.82) is 0 Å². The molecule has 2 aromatic rings. The topological polar surface area (TPSA) is 83.6 Å². The Labute approximate surface area is 191 Å². The Morgan fingerprint density at radius 1 is 1.12 bits per heavy atom. The lowest BCUT2D eigenvalue weighted by Crippen LogP contribution is -2.52. The molecule has 1 N–H and O–H groups in total. The van der Waals surface area contributed by atoms with E-state index in [1.54, 1.807) is 18.2 Å². The number of hydrogen-bond acceptors (Lipinski definition) is 4. The summed E-state index contributed by atoms with van der Waals surface area (Å²) in [6.07, 6.45) is 0.171. The van der Waals surface area contributed by atoms with Gasteiger partial charge in [0.2, 0.25) is 17.6 Å². The highest BCUT2D eigenvalue weighted by atomic mass is 79.9. The molecule has 1 atom stereocenters. The van der Waals surface area contributed by atoms with Crippen molar-refractivity contribution in [1.82, 2.24) is 10.2 Å². The Morgan fingerprint density at radius 3 is 2.53 bits per heavy atom. The first-order valence-corrected chi connectivity index (χ1v) is 10.9. The van der Waals surface area contributed by atoms with Crippen LogP contribution < -0.4 is 5.32 Å². The van der Waals surface area contributed by atoms with E-state index in [2.05, 4.69) is 21.2 Å². The maximum atomic E-state index is 14.5. The molecule has 0 aliphatic carbocycles. The van der Waals surface area contributed by atoms with Crippen LogP contribution in [0.3, 0.4) is 0 Å². The zero-order chi connectivity index (χ0) is 23.0. The molecule has 0 spiro atoms. The van der Waals surface area contributed by atoms with Gasteiger partial charge >= 0.3 is 5.92 Å². The summed E-state index contributed by atoms with van der Waals surface area (Å²) in [5, 5.41) is 2.25. The number of benzene rings is 2. The van der Waals surface area contributed by atoms with Gasteiger partial charge in [0.05, 0.1) is 0 Å². The first-order chi connectivity index (χ1) is 15.2. The van der Waals surface area contributed by atoms with E-state index in [9.17, 15) is 28.0 Å². The zero-order valence-electron chi connectivity index (χ0n) is 16.9. The fraction of sp³-hybridized carbons (Fsp3) is 0.304. The number of hydrogen-bond donors (Lipinski definition) is 1. The Balaban J connectivity index is 1.43. The Bertz CT molecular complexity index is 1120. The molecule has 6 nitrogen and oxygen atoms in total. The van der Waals surface area contributed by atoms with E-state index in [1.165, 1.54) is 29.2 Å². The van der Waals surface area contributed by atoms with Crippen molar-refractivity contribution < 1.29 is 28.0 Å². The Morgan fingerprint density at radius 2 is 1.84 bits per heavy atom. The van der Waals surface area contributed by atoms with Crippen LogP contribution in [0.4, 0.5) is 8.78 Å². The van der Waals surface area contributed by atoms with Crippen LogP contribution in [0.5, 0.6) is 0 Å². The van der Waals surface area contributed by atoms with Crippen molar-refractivity contribution in [2.45, 2.75) is 44.2 Å². The molecule has 1 unspecified atom stereocenters. The highest BCUT2D eigenvalue weighted by Crippen LogP contribution is 2.32. The molecule has 1 fully saturated rings. The number of carbonyl (C=O) groups excluding carboxylic acids is 4. The standard InChI is InChI=1S/C23H19BrF2N2O4/c24-16-5-3-15(4-6-16)23(25,26)19(29)9-2-13-1-7-17-14(11-13)12-28(22(17)32)18-8-10-20(30)27-21(18)31/h1,3-7,11,18H,2,8-10,12H2,(H,27,30,31). The molecule has 0 bridgehead atoms. The molecule has 9 heteroatoms. The number of piperidine rings is 1. The van der Waals surface area contributed by atoms with Crippen LogP contribution in [0.1, 0.15) is 46.3 Å². The summed E-state index contributed by atoms with van der Waals surface area (Å²) in [5.41, 5.74) is 1.40. The van der Waals surface area contributed by atoms with E-state index < -0.39 is 23.7 Å². The summed E-state index contributed by atoms with van der Waals surface area (Å²) in [5.74, 6) is -5.93. The highest BCUT2D eigenvalue weighted by molar-refractivity contribution is 9.10. The summed E-state index contributed by atoms with van der Waals surface area (Å²) in [6.45, 7) is 0.192. The van der Waals surface area contributed by atoms with Crippen LogP contribution >= 0.6 is 15.9 Å². The van der Waals surface area contributed by atoms with Gasteiger partial charge in [-0.05, 0) is 42.2 Å². The number of imide groups is 1. The van der Waals surface area contributed by atoms with Gasteiger partial charge in [-0.25, -0.2) is 0 Å². The number of rotatable bonds is 6. The lowest BCUT2D eigenvalue weighted by molar-refractivity contribution is -0.144. The molecule has 2 aromatic carbocycles. The van der Waals surface area contributed by atoms with E-state index in [0.717, 1.165) is 0 Å². The molecule has 166 valence electrons. The SMILES string of the molecule is O=C1CCC(N2Cc3cc(CCC(=O)C(F)(F)c4ccc(Br)cc4)ccc3C2=O)C(=O)N1. The molecule has 2 aliphatic rings. The van der Waals surface area contributed by atoms with Crippen LogP contribution in [0.2, 0.25) is 0 Å². The number of aryl methyl sites for hydroxylation is 1. The number of nitrogens with one attached hydrogen (secondary N) is 1. The minimum Gasteiger partial charge on any atom is -0.322 e. The monoisotopic (exact) mass is 504 g/mol. The summed E-state index contributed by atoms with van der Waals surface area (Å²) in [6, 6.07) is 9.57. The third kappa shape index (κ3) is 4.21. The van der Waals surface area contributed by atoms with Crippen molar-refractivity contribution in [3.8, 4) is 0 Å². The fourth-order valence-corrected chi connectivity index (χ4v) is 4.28. The average molecular weight is 505 g/mol. The van der Waals surface area contributed by atoms with Gasteiger partial charge in [0.1, 0.15) is 6.04 Å². The van der Waals surface area contributed by atoms with Crippen molar-refractivity contribution in [3.05, 3.63) is 69.2 Å². The molecular formula is C23H19BrF2N2O4. The molecule has 3 amide bonds. The van der Waals surface area contributed by atoms with Crippen LogP contribution in [-0.2, 0) is 33.3 Å². The van der Waals surface area contributed by atoms with E-state index in [0.29, 0.717) is 21.2 Å². The second kappa shape index (κ2) is 8.54. The second-order valence-electron chi connectivity index (χ2n) is 7.90. The van der Waals surface area contributed by atoms with Crippen molar-refractivity contribution in [2.24, 2.45) is 0 Å². The van der Waals surface area contributed by atoms with E-state index in [-0.39, 0.29) is 49.6 Å². The molecule has 2 heterocycles. The number of Topliss-reactive ketones (excluding diaryl/α,β-unsaturated/α-hetero) is 1. The van der Waals surface area contributed by atoms with Gasteiger partial charge in [0.15, 0.2) is 0 Å². The lowest BCUT2D eigenvalue weighted by Gasteiger charge is -2.29. The van der Waals surface area contributed by atoms with Crippen molar-refractivity contribution in [3.63, 3.8) is 0 Å². The number of carbonyl (C=O) groups is 4. The molecule has 32 heavy (non-hydrogen) atoms. The van der Waals surface area contributed by atoms with Gasteiger partial charge in [-0.2, -0.15) is 8.78 Å². The lowest BCUT2D eigenvalue weighted by atomic mass is 9.97. The van der Waals surface area contributed by atoms with Crippen molar-refractivity contribution >= 4 is 39.4 Å². The predicted molar refractivity (Wildman–Crippen MR) is 114 cm³/mol. The fourth-order valence-electron chi connectivity index (χ4n) is 4.02. The smallest absolute Gasteiger partial charge is 0.322 e. The molecule has 4 rings (SSSR count). The first-order valence-electron chi connectivity index (χ1n) is 10.1. The van der Waals surface area contributed by atoms with Crippen LogP contribution in [0.25, 0.3) is 0 Å².